The molecule has 0 unspecified atom stereocenters. The van der Waals surface area contributed by atoms with Crippen LogP contribution in [0.5, 0.6) is 0 Å². The molecular weight excluding hydrogens is 270 g/mol. The number of carbonyl (C=O) groups is 1. The van der Waals surface area contributed by atoms with E-state index in [9.17, 15) is 4.79 Å². The maximum Gasteiger partial charge on any atom is 0.289 e. The molecule has 0 radical (unpaired) electrons. The van der Waals surface area contributed by atoms with Crippen LogP contribution in [0.3, 0.4) is 0 Å². The normalized spacial score (nSPS) is 15.3. The Morgan fingerprint density at radius 1 is 1.24 bits per heavy atom. The summed E-state index contributed by atoms with van der Waals surface area (Å²) in [5.74, 6) is 1.72. The Balaban J connectivity index is 1.61. The van der Waals surface area contributed by atoms with Crippen molar-refractivity contribution >= 4 is 11.7 Å². The smallest absolute Gasteiger partial charge is 0.289 e. The van der Waals surface area contributed by atoms with E-state index in [1.165, 1.54) is 0 Å². The van der Waals surface area contributed by atoms with E-state index in [4.69, 9.17) is 10.2 Å². The van der Waals surface area contributed by atoms with Crippen molar-refractivity contribution in [2.24, 2.45) is 5.73 Å². The first-order chi connectivity index (χ1) is 10.3. The van der Waals surface area contributed by atoms with Crippen LogP contribution >= 0.6 is 0 Å². The zero-order chi connectivity index (χ0) is 14.7. The van der Waals surface area contributed by atoms with Crippen molar-refractivity contribution in [2.75, 3.05) is 31.1 Å². The number of hydrogen-bond donors (Lipinski definition) is 1. The van der Waals surface area contributed by atoms with Crippen LogP contribution in [0.15, 0.2) is 35.1 Å². The van der Waals surface area contributed by atoms with Gasteiger partial charge in [0, 0.05) is 38.6 Å². The molecule has 2 N–H and O–H groups in total. The highest BCUT2D eigenvalue weighted by atomic mass is 16.4. The third-order valence-electron chi connectivity index (χ3n) is 3.51. The van der Waals surface area contributed by atoms with Gasteiger partial charge in [-0.3, -0.25) is 9.78 Å². The number of furan rings is 1. The van der Waals surface area contributed by atoms with Gasteiger partial charge in [0.25, 0.3) is 5.91 Å². The Bertz CT molecular complexity index is 605. The first-order valence-electron chi connectivity index (χ1n) is 6.87. The average molecular weight is 287 g/mol. The van der Waals surface area contributed by atoms with Gasteiger partial charge >= 0.3 is 0 Å². The predicted octanol–water partition coefficient (Wildman–Crippen LogP) is 0.491. The summed E-state index contributed by atoms with van der Waals surface area (Å²) in [7, 11) is 0. The Morgan fingerprint density at radius 2 is 2.05 bits per heavy atom. The number of carbonyl (C=O) groups excluding carboxylic acids is 1. The summed E-state index contributed by atoms with van der Waals surface area (Å²) in [5.41, 5.74) is 5.49. The van der Waals surface area contributed by atoms with Crippen molar-refractivity contribution in [1.29, 1.82) is 0 Å². The van der Waals surface area contributed by atoms with Crippen molar-refractivity contribution in [3.05, 3.63) is 42.2 Å². The molecule has 0 bridgehead atoms. The summed E-state index contributed by atoms with van der Waals surface area (Å²) in [6.45, 7) is 3.03. The fourth-order valence-electron chi connectivity index (χ4n) is 2.35. The Hall–Kier alpha value is -2.41. The van der Waals surface area contributed by atoms with Gasteiger partial charge in [0.15, 0.2) is 5.76 Å². The van der Waals surface area contributed by atoms with Crippen molar-refractivity contribution in [1.82, 2.24) is 14.9 Å². The molecule has 7 nitrogen and oxygen atoms in total. The van der Waals surface area contributed by atoms with E-state index in [-0.39, 0.29) is 5.91 Å². The van der Waals surface area contributed by atoms with Gasteiger partial charge in [-0.2, -0.15) is 0 Å². The lowest BCUT2D eigenvalue weighted by atomic mass is 10.3. The van der Waals surface area contributed by atoms with Crippen molar-refractivity contribution < 1.29 is 9.21 Å². The summed E-state index contributed by atoms with van der Waals surface area (Å²) in [6, 6.07) is 3.42. The second-order valence-corrected chi connectivity index (χ2v) is 4.81. The molecule has 7 heteroatoms. The van der Waals surface area contributed by atoms with Crippen LogP contribution in [-0.4, -0.2) is 47.0 Å². The van der Waals surface area contributed by atoms with Crippen LogP contribution in [0.2, 0.25) is 0 Å². The van der Waals surface area contributed by atoms with Crippen LogP contribution in [0.1, 0.15) is 16.3 Å². The minimum absolute atomic E-state index is 0.0894. The predicted molar refractivity (Wildman–Crippen MR) is 76.7 cm³/mol. The molecule has 1 amide bonds. The molecule has 3 rings (SSSR count). The number of piperazine rings is 1. The number of aromatic nitrogens is 2. The van der Waals surface area contributed by atoms with E-state index in [1.54, 1.807) is 35.6 Å². The van der Waals surface area contributed by atoms with Crippen LogP contribution in [0.25, 0.3) is 0 Å². The lowest BCUT2D eigenvalue weighted by molar-refractivity contribution is 0.0712. The summed E-state index contributed by atoms with van der Waals surface area (Å²) in [6.07, 6.45) is 5.05. The Labute approximate surface area is 122 Å². The second kappa shape index (κ2) is 5.92. The quantitative estimate of drug-likeness (QED) is 0.884. The fraction of sp³-hybridized carbons (Fsp3) is 0.357. The highest BCUT2D eigenvalue weighted by molar-refractivity contribution is 5.91. The van der Waals surface area contributed by atoms with Gasteiger partial charge < -0.3 is 20.0 Å². The standard InChI is InChI=1S/C14H17N5O2/c15-9-11-1-2-12(21-11)14(20)19-7-5-18(6-8-19)13-10-16-3-4-17-13/h1-4,10H,5-9,15H2. The van der Waals surface area contributed by atoms with Crippen molar-refractivity contribution in [3.8, 4) is 0 Å². The zero-order valence-corrected chi connectivity index (χ0v) is 11.6. The molecule has 1 aliphatic heterocycles. The maximum absolute atomic E-state index is 12.3. The molecule has 1 aliphatic rings. The van der Waals surface area contributed by atoms with Gasteiger partial charge in [-0.1, -0.05) is 0 Å². The first-order valence-corrected chi connectivity index (χ1v) is 6.87. The van der Waals surface area contributed by atoms with Gasteiger partial charge in [0.1, 0.15) is 11.6 Å². The molecule has 2 aromatic heterocycles. The lowest BCUT2D eigenvalue weighted by Crippen LogP contribution is -2.49. The monoisotopic (exact) mass is 287 g/mol. The van der Waals surface area contributed by atoms with Crippen molar-refractivity contribution in [3.63, 3.8) is 0 Å². The maximum atomic E-state index is 12.3. The third kappa shape index (κ3) is 2.87. The van der Waals surface area contributed by atoms with Gasteiger partial charge in [-0.25, -0.2) is 4.98 Å². The highest BCUT2D eigenvalue weighted by Crippen LogP contribution is 2.15. The van der Waals surface area contributed by atoms with E-state index in [1.807, 2.05) is 0 Å². The van der Waals surface area contributed by atoms with Gasteiger partial charge in [0.05, 0.1) is 12.7 Å². The molecule has 2 aromatic rings. The molecule has 110 valence electrons. The fourth-order valence-corrected chi connectivity index (χ4v) is 2.35. The summed E-state index contributed by atoms with van der Waals surface area (Å²) in [5, 5.41) is 0. The molecular formula is C14H17N5O2. The zero-order valence-electron chi connectivity index (χ0n) is 11.6. The summed E-state index contributed by atoms with van der Waals surface area (Å²) < 4.78 is 5.41. The molecule has 0 spiro atoms. The molecule has 3 heterocycles. The molecule has 0 aliphatic carbocycles. The first kappa shape index (κ1) is 13.6. The van der Waals surface area contributed by atoms with Crippen LogP contribution < -0.4 is 10.6 Å². The number of amides is 1. The van der Waals surface area contributed by atoms with E-state index in [0.29, 0.717) is 31.2 Å². The van der Waals surface area contributed by atoms with Crippen LogP contribution in [-0.2, 0) is 6.54 Å². The van der Waals surface area contributed by atoms with Gasteiger partial charge in [0.2, 0.25) is 0 Å². The number of nitrogens with zero attached hydrogens (tertiary/aromatic N) is 4. The Morgan fingerprint density at radius 3 is 2.67 bits per heavy atom. The molecule has 0 aromatic carbocycles. The van der Waals surface area contributed by atoms with E-state index in [0.717, 1.165) is 18.9 Å². The SMILES string of the molecule is NCc1ccc(C(=O)N2CCN(c3cnccn3)CC2)o1. The highest BCUT2D eigenvalue weighted by Gasteiger charge is 2.24. The Kier molecular flexibility index (Phi) is 3.83. The largest absolute Gasteiger partial charge is 0.455 e. The van der Waals surface area contributed by atoms with E-state index < -0.39 is 0 Å². The van der Waals surface area contributed by atoms with Gasteiger partial charge in [-0.15, -0.1) is 0 Å². The van der Waals surface area contributed by atoms with Gasteiger partial charge in [-0.05, 0) is 12.1 Å². The number of nitrogens with two attached hydrogens (primary N) is 1. The molecule has 1 saturated heterocycles. The average Bonchev–Trinajstić information content (AvgIpc) is 3.04. The third-order valence-corrected chi connectivity index (χ3v) is 3.51. The number of rotatable bonds is 3. The second-order valence-electron chi connectivity index (χ2n) is 4.81. The van der Waals surface area contributed by atoms with Crippen LogP contribution in [0.4, 0.5) is 5.82 Å². The van der Waals surface area contributed by atoms with Crippen molar-refractivity contribution in [2.45, 2.75) is 6.54 Å². The summed E-state index contributed by atoms with van der Waals surface area (Å²) in [4.78, 5) is 24.6. The number of anilines is 1. The lowest BCUT2D eigenvalue weighted by Gasteiger charge is -2.34. The minimum atomic E-state index is -0.0894. The van der Waals surface area contributed by atoms with E-state index >= 15 is 0 Å². The number of hydrogen-bond acceptors (Lipinski definition) is 6. The molecule has 21 heavy (non-hydrogen) atoms. The van der Waals surface area contributed by atoms with Crippen LogP contribution in [0, 0.1) is 0 Å². The molecule has 0 atom stereocenters. The minimum Gasteiger partial charge on any atom is -0.455 e. The molecule has 0 saturated carbocycles. The summed E-state index contributed by atoms with van der Waals surface area (Å²) >= 11 is 0. The topological polar surface area (TPSA) is 88.5 Å². The van der Waals surface area contributed by atoms with E-state index in [2.05, 4.69) is 14.9 Å². The molecule has 1 fully saturated rings.